The number of hydrogen-bond acceptors (Lipinski definition) is 4. The molecular formula is C9H17N2O3-. The van der Waals surface area contributed by atoms with Gasteiger partial charge in [0.05, 0.1) is 0 Å². The fraction of sp³-hybridized carbons (Fsp3) is 0.778. The Hall–Kier alpha value is -1.10. The molecule has 0 saturated carbocycles. The number of carboxylic acid groups (broad SMARTS) is 1. The van der Waals surface area contributed by atoms with E-state index in [0.717, 1.165) is 0 Å². The molecule has 0 N–H and O–H groups in total. The monoisotopic (exact) mass is 201 g/mol. The smallest absolute Gasteiger partial charge is 0.233 e. The van der Waals surface area contributed by atoms with Gasteiger partial charge in [-0.25, -0.2) is 5.01 Å². The standard InChI is InChI=1S/C9H18N2O3/c1-7(5-6-9(13)14)11(8(2)12)10(3)4/h7H,5-6H2,1-4H3,(H,13,14)/p-1. The van der Waals surface area contributed by atoms with E-state index in [1.54, 1.807) is 19.1 Å². The SMILES string of the molecule is CC(=O)N(C(C)CCC(=O)[O-])N(C)C. The molecule has 0 heterocycles. The number of carbonyl (C=O) groups excluding carboxylic acids is 2. The molecule has 0 spiro atoms. The largest absolute Gasteiger partial charge is 0.550 e. The van der Waals surface area contributed by atoms with Gasteiger partial charge in [-0.05, 0) is 19.8 Å². The highest BCUT2D eigenvalue weighted by Crippen LogP contribution is 2.07. The summed E-state index contributed by atoms with van der Waals surface area (Å²) in [6.07, 6.45) is 0.374. The Kier molecular flexibility index (Phi) is 5.15. The third-order valence-electron chi connectivity index (χ3n) is 1.94. The van der Waals surface area contributed by atoms with Crippen LogP contribution in [-0.4, -0.2) is 42.0 Å². The fourth-order valence-electron chi connectivity index (χ4n) is 1.44. The Morgan fingerprint density at radius 3 is 2.14 bits per heavy atom. The van der Waals surface area contributed by atoms with Crippen LogP contribution in [0.25, 0.3) is 0 Å². The van der Waals surface area contributed by atoms with Crippen molar-refractivity contribution in [2.24, 2.45) is 0 Å². The quantitative estimate of drug-likeness (QED) is 0.548. The molecule has 1 unspecified atom stereocenters. The van der Waals surface area contributed by atoms with Gasteiger partial charge >= 0.3 is 0 Å². The van der Waals surface area contributed by atoms with Crippen LogP contribution in [0.5, 0.6) is 0 Å². The first kappa shape index (κ1) is 12.9. The first-order valence-electron chi connectivity index (χ1n) is 4.53. The van der Waals surface area contributed by atoms with Crippen molar-refractivity contribution in [1.29, 1.82) is 0 Å². The van der Waals surface area contributed by atoms with Crippen LogP contribution in [0.4, 0.5) is 0 Å². The number of aliphatic carboxylic acids is 1. The molecule has 5 heteroatoms. The second kappa shape index (κ2) is 5.59. The highest BCUT2D eigenvalue weighted by Gasteiger charge is 2.18. The summed E-state index contributed by atoms with van der Waals surface area (Å²) in [5, 5.41) is 13.4. The van der Waals surface area contributed by atoms with E-state index >= 15 is 0 Å². The van der Waals surface area contributed by atoms with E-state index in [4.69, 9.17) is 0 Å². The number of carboxylic acids is 1. The molecule has 0 aromatic rings. The minimum atomic E-state index is -1.08. The van der Waals surface area contributed by atoms with Crippen molar-refractivity contribution < 1.29 is 14.7 Å². The number of rotatable bonds is 5. The molecule has 0 aliphatic rings. The number of nitrogens with zero attached hydrogens (tertiary/aromatic N) is 2. The Labute approximate surface area is 84.3 Å². The van der Waals surface area contributed by atoms with E-state index in [0.29, 0.717) is 6.42 Å². The first-order chi connectivity index (χ1) is 6.36. The zero-order chi connectivity index (χ0) is 11.3. The molecule has 0 aliphatic carbocycles. The van der Waals surface area contributed by atoms with Gasteiger partial charge in [0.15, 0.2) is 0 Å². The number of carbonyl (C=O) groups is 2. The van der Waals surface area contributed by atoms with Crippen molar-refractivity contribution in [2.75, 3.05) is 14.1 Å². The molecule has 0 fully saturated rings. The van der Waals surface area contributed by atoms with Gasteiger partial charge in [-0.2, -0.15) is 0 Å². The van der Waals surface area contributed by atoms with Gasteiger partial charge in [0.2, 0.25) is 5.91 Å². The predicted molar refractivity (Wildman–Crippen MR) is 49.9 cm³/mol. The lowest BCUT2D eigenvalue weighted by Crippen LogP contribution is -2.46. The van der Waals surface area contributed by atoms with Gasteiger partial charge in [0.25, 0.3) is 0 Å². The molecule has 0 bridgehead atoms. The van der Waals surface area contributed by atoms with Gasteiger partial charge in [-0.1, -0.05) is 0 Å². The second-order valence-corrected chi connectivity index (χ2v) is 3.47. The van der Waals surface area contributed by atoms with Crippen LogP contribution >= 0.6 is 0 Å². The summed E-state index contributed by atoms with van der Waals surface area (Å²) in [6, 6.07) is -0.125. The third-order valence-corrected chi connectivity index (χ3v) is 1.94. The van der Waals surface area contributed by atoms with E-state index < -0.39 is 5.97 Å². The van der Waals surface area contributed by atoms with Gasteiger partial charge < -0.3 is 9.90 Å². The van der Waals surface area contributed by atoms with Crippen LogP contribution in [0.15, 0.2) is 0 Å². The van der Waals surface area contributed by atoms with Crippen LogP contribution < -0.4 is 5.11 Å². The van der Waals surface area contributed by atoms with Crippen LogP contribution in [0.1, 0.15) is 26.7 Å². The Bertz CT molecular complexity index is 216. The molecule has 0 aliphatic heterocycles. The molecule has 14 heavy (non-hydrogen) atoms. The number of amides is 1. The zero-order valence-corrected chi connectivity index (χ0v) is 9.11. The van der Waals surface area contributed by atoms with Crippen LogP contribution in [0.3, 0.4) is 0 Å². The maximum atomic E-state index is 11.2. The highest BCUT2D eigenvalue weighted by molar-refractivity contribution is 5.73. The topological polar surface area (TPSA) is 63.7 Å². The van der Waals surface area contributed by atoms with Crippen molar-refractivity contribution in [2.45, 2.75) is 32.7 Å². The van der Waals surface area contributed by atoms with Crippen LogP contribution in [0, 0.1) is 0 Å². The summed E-state index contributed by atoms with van der Waals surface area (Å²) in [4.78, 5) is 21.4. The number of hydrogen-bond donors (Lipinski definition) is 0. The first-order valence-corrected chi connectivity index (χ1v) is 4.53. The highest BCUT2D eigenvalue weighted by atomic mass is 16.4. The fourth-order valence-corrected chi connectivity index (χ4v) is 1.44. The summed E-state index contributed by atoms with van der Waals surface area (Å²) >= 11 is 0. The van der Waals surface area contributed by atoms with Gasteiger partial charge in [0.1, 0.15) is 0 Å². The van der Waals surface area contributed by atoms with Crippen molar-refractivity contribution in [3.8, 4) is 0 Å². The molecule has 1 amide bonds. The molecular weight excluding hydrogens is 184 g/mol. The summed E-state index contributed by atoms with van der Waals surface area (Å²) in [6.45, 7) is 3.26. The summed E-state index contributed by atoms with van der Waals surface area (Å²) < 4.78 is 0. The summed E-state index contributed by atoms with van der Waals surface area (Å²) in [5.74, 6) is -1.18. The van der Waals surface area contributed by atoms with Gasteiger partial charge in [-0.15, -0.1) is 0 Å². The average molecular weight is 201 g/mol. The lowest BCUT2D eigenvalue weighted by Gasteiger charge is -2.33. The molecule has 5 nitrogen and oxygen atoms in total. The molecule has 0 aromatic carbocycles. The summed E-state index contributed by atoms with van der Waals surface area (Å²) in [5.41, 5.74) is 0. The van der Waals surface area contributed by atoms with E-state index in [2.05, 4.69) is 0 Å². The normalized spacial score (nSPS) is 12.6. The molecule has 0 radical (unpaired) electrons. The second-order valence-electron chi connectivity index (χ2n) is 3.47. The van der Waals surface area contributed by atoms with Gasteiger partial charge in [-0.3, -0.25) is 9.80 Å². The zero-order valence-electron chi connectivity index (χ0n) is 9.11. The van der Waals surface area contributed by atoms with Crippen molar-refractivity contribution in [1.82, 2.24) is 10.0 Å². The minimum absolute atomic E-state index is 0.0290. The lowest BCUT2D eigenvalue weighted by atomic mass is 10.2. The van der Waals surface area contributed by atoms with Crippen molar-refractivity contribution in [3.05, 3.63) is 0 Å². The third kappa shape index (κ3) is 4.23. The van der Waals surface area contributed by atoms with Crippen LogP contribution in [0.2, 0.25) is 0 Å². The molecule has 0 rings (SSSR count). The predicted octanol–water partition coefficient (Wildman–Crippen LogP) is -0.770. The minimum Gasteiger partial charge on any atom is -0.550 e. The van der Waals surface area contributed by atoms with Gasteiger partial charge in [0, 0.05) is 33.0 Å². The van der Waals surface area contributed by atoms with Crippen molar-refractivity contribution >= 4 is 11.9 Å². The van der Waals surface area contributed by atoms with Crippen molar-refractivity contribution in [3.63, 3.8) is 0 Å². The molecule has 1 atom stereocenters. The molecule has 0 aromatic heterocycles. The van der Waals surface area contributed by atoms with E-state index in [9.17, 15) is 14.7 Å². The Balaban J connectivity index is 4.22. The maximum Gasteiger partial charge on any atom is 0.233 e. The summed E-state index contributed by atoms with van der Waals surface area (Å²) in [7, 11) is 3.49. The lowest BCUT2D eigenvalue weighted by molar-refractivity contribution is -0.306. The average Bonchev–Trinajstić information content (AvgIpc) is 1.99. The van der Waals surface area contributed by atoms with E-state index in [1.807, 2.05) is 6.92 Å². The number of hydrazine groups is 1. The Morgan fingerprint density at radius 1 is 1.36 bits per heavy atom. The van der Waals surface area contributed by atoms with Crippen LogP contribution in [-0.2, 0) is 9.59 Å². The Morgan fingerprint density at radius 2 is 1.86 bits per heavy atom. The molecule has 0 saturated heterocycles. The molecule has 82 valence electrons. The van der Waals surface area contributed by atoms with E-state index in [-0.39, 0.29) is 18.4 Å². The maximum absolute atomic E-state index is 11.2. The van der Waals surface area contributed by atoms with E-state index in [1.165, 1.54) is 11.9 Å².